The Labute approximate surface area is 167 Å². The smallest absolute Gasteiger partial charge is 0.333 e. The van der Waals surface area contributed by atoms with E-state index in [9.17, 15) is 4.79 Å². The van der Waals surface area contributed by atoms with E-state index in [1.54, 1.807) is 7.11 Å². The van der Waals surface area contributed by atoms with Gasteiger partial charge < -0.3 is 23.7 Å². The summed E-state index contributed by atoms with van der Waals surface area (Å²) in [5.74, 6) is -1.21. The van der Waals surface area contributed by atoms with Crippen molar-refractivity contribution in [3.63, 3.8) is 0 Å². The van der Waals surface area contributed by atoms with Crippen molar-refractivity contribution in [2.24, 2.45) is 0 Å². The van der Waals surface area contributed by atoms with E-state index in [0.29, 0.717) is 25.0 Å². The van der Waals surface area contributed by atoms with Crippen LogP contribution < -0.4 is 0 Å². The summed E-state index contributed by atoms with van der Waals surface area (Å²) in [6, 6.07) is 0. The quantitative estimate of drug-likeness (QED) is 0.407. The highest BCUT2D eigenvalue weighted by atomic mass is 16.8. The highest BCUT2D eigenvalue weighted by Gasteiger charge is 2.82. The van der Waals surface area contributed by atoms with Gasteiger partial charge >= 0.3 is 5.97 Å². The summed E-state index contributed by atoms with van der Waals surface area (Å²) in [5.41, 5.74) is 0.822. The van der Waals surface area contributed by atoms with Crippen LogP contribution in [0.2, 0.25) is 0 Å². The van der Waals surface area contributed by atoms with Crippen molar-refractivity contribution in [1.82, 2.24) is 0 Å². The lowest BCUT2D eigenvalue weighted by molar-refractivity contribution is -0.219. The van der Waals surface area contributed by atoms with E-state index in [2.05, 4.69) is 26.8 Å². The Bertz CT molecular complexity index is 729. The topological polar surface area (TPSA) is 69.8 Å². The minimum absolute atomic E-state index is 0.0929. The van der Waals surface area contributed by atoms with Crippen LogP contribution in [0.5, 0.6) is 0 Å². The van der Waals surface area contributed by atoms with Gasteiger partial charge in [-0.2, -0.15) is 0 Å². The number of carbonyl (C=O) groups excluding carboxylic acids is 1. The van der Waals surface area contributed by atoms with Gasteiger partial charge in [-0.15, -0.1) is 0 Å². The number of methoxy groups -OCH3 is 2. The second-order valence-electron chi connectivity index (χ2n) is 9.03. The number of fused-ring (bicyclic) bond motifs is 1. The zero-order valence-corrected chi connectivity index (χ0v) is 17.6. The van der Waals surface area contributed by atoms with Gasteiger partial charge in [-0.25, -0.2) is 4.79 Å². The summed E-state index contributed by atoms with van der Waals surface area (Å²) >= 11 is 0. The molecule has 156 valence electrons. The van der Waals surface area contributed by atoms with Gasteiger partial charge in [0.15, 0.2) is 5.60 Å². The molecule has 0 aromatic rings. The molecule has 0 aromatic heterocycles. The third-order valence-corrected chi connectivity index (χ3v) is 7.14. The maximum Gasteiger partial charge on any atom is 0.333 e. The molecule has 6 heteroatoms. The number of epoxide rings is 2. The molecular formula is C22H32O6. The van der Waals surface area contributed by atoms with E-state index in [4.69, 9.17) is 23.7 Å². The Hall–Kier alpha value is -1.21. The molecule has 0 saturated carbocycles. The average Bonchev–Trinajstić information content (AvgIpc) is 3.49. The molecule has 28 heavy (non-hydrogen) atoms. The number of ether oxygens (including phenoxy) is 5. The van der Waals surface area contributed by atoms with E-state index in [-0.39, 0.29) is 17.7 Å². The second-order valence-corrected chi connectivity index (χ2v) is 9.03. The van der Waals surface area contributed by atoms with Crippen LogP contribution in [-0.2, 0) is 28.5 Å². The molecule has 6 nitrogen and oxygen atoms in total. The van der Waals surface area contributed by atoms with Crippen LogP contribution in [0.3, 0.4) is 0 Å². The standard InChI is InChI=1S/C22H32O6/c1-15-8-9-17-19(2,27-17)11-6-7-16(18(23)24-4)10-12-21-20(3,28-21)14-26-22(21,13-15)25-5/h7,13,17H,6,8-12,14H2,1-5H3/b15-13+,16-7+/t17-,19+,20+,21+,22?/m0/s1. The maximum absolute atomic E-state index is 12.3. The minimum Gasteiger partial charge on any atom is -0.466 e. The molecule has 0 radical (unpaired) electrons. The van der Waals surface area contributed by atoms with E-state index < -0.39 is 17.0 Å². The summed E-state index contributed by atoms with van der Waals surface area (Å²) in [5, 5.41) is 0. The molecule has 0 N–H and O–H groups in total. The molecule has 4 rings (SSSR count). The Morgan fingerprint density at radius 3 is 2.68 bits per heavy atom. The van der Waals surface area contributed by atoms with Gasteiger partial charge in [0.1, 0.15) is 5.60 Å². The first kappa shape index (κ1) is 20.1. The molecule has 0 aromatic carbocycles. The first-order valence-corrected chi connectivity index (χ1v) is 10.3. The van der Waals surface area contributed by atoms with Crippen molar-refractivity contribution in [2.45, 2.75) is 88.0 Å². The molecule has 5 atom stereocenters. The number of hydrogen-bond donors (Lipinski definition) is 0. The molecule has 3 aliphatic heterocycles. The van der Waals surface area contributed by atoms with Gasteiger partial charge in [0.25, 0.3) is 0 Å². The summed E-state index contributed by atoms with van der Waals surface area (Å²) in [6.07, 6.45) is 9.15. The maximum atomic E-state index is 12.3. The lowest BCUT2D eigenvalue weighted by Crippen LogP contribution is -2.46. The van der Waals surface area contributed by atoms with Gasteiger partial charge in [0.2, 0.25) is 5.79 Å². The molecule has 1 unspecified atom stereocenters. The zero-order chi connectivity index (χ0) is 20.2. The third-order valence-electron chi connectivity index (χ3n) is 7.14. The molecule has 3 saturated heterocycles. The summed E-state index contributed by atoms with van der Waals surface area (Å²) < 4.78 is 29.3. The van der Waals surface area contributed by atoms with Crippen molar-refractivity contribution in [1.29, 1.82) is 0 Å². The molecule has 3 heterocycles. The largest absolute Gasteiger partial charge is 0.466 e. The van der Waals surface area contributed by atoms with Crippen LogP contribution in [0.4, 0.5) is 0 Å². The van der Waals surface area contributed by atoms with Crippen molar-refractivity contribution >= 4 is 5.97 Å². The normalized spacial score (nSPS) is 49.2. The van der Waals surface area contributed by atoms with E-state index >= 15 is 0 Å². The molecule has 0 bridgehead atoms. The van der Waals surface area contributed by atoms with E-state index in [1.807, 2.05) is 6.08 Å². The van der Waals surface area contributed by atoms with Gasteiger partial charge in [-0.05, 0) is 65.4 Å². The molecule has 0 amide bonds. The summed E-state index contributed by atoms with van der Waals surface area (Å²) in [6.45, 7) is 6.81. The Morgan fingerprint density at radius 1 is 1.21 bits per heavy atom. The Kier molecular flexibility index (Phi) is 4.77. The number of rotatable bonds is 2. The molecule has 1 aliphatic carbocycles. The highest BCUT2D eigenvalue weighted by molar-refractivity contribution is 5.88. The Morgan fingerprint density at radius 2 is 2.00 bits per heavy atom. The lowest BCUT2D eigenvalue weighted by Gasteiger charge is -2.32. The zero-order valence-electron chi connectivity index (χ0n) is 17.6. The minimum atomic E-state index is -0.926. The van der Waals surface area contributed by atoms with Crippen molar-refractivity contribution in [3.8, 4) is 0 Å². The first-order valence-electron chi connectivity index (χ1n) is 10.3. The Balaban J connectivity index is 1.66. The van der Waals surface area contributed by atoms with Crippen molar-refractivity contribution in [3.05, 3.63) is 23.3 Å². The number of carbonyl (C=O) groups is 1. The van der Waals surface area contributed by atoms with E-state index in [0.717, 1.165) is 25.7 Å². The number of esters is 1. The number of hydrogen-bond acceptors (Lipinski definition) is 6. The first-order chi connectivity index (χ1) is 13.2. The molecule has 1 spiro atoms. The predicted octanol–water partition coefficient (Wildman–Crippen LogP) is 3.44. The van der Waals surface area contributed by atoms with Crippen LogP contribution in [0, 0.1) is 0 Å². The summed E-state index contributed by atoms with van der Waals surface area (Å²) in [7, 11) is 3.09. The van der Waals surface area contributed by atoms with Crippen molar-refractivity contribution < 1.29 is 28.5 Å². The van der Waals surface area contributed by atoms with Crippen LogP contribution in [0.15, 0.2) is 23.3 Å². The second kappa shape index (κ2) is 6.66. The van der Waals surface area contributed by atoms with Crippen LogP contribution >= 0.6 is 0 Å². The fraction of sp³-hybridized carbons (Fsp3) is 0.773. The molecule has 4 aliphatic rings. The SMILES string of the molecule is COC(=O)/C1=C/CC[C@@]2(C)O[C@H]2CC/C(C)=C/C2(OC)OC[C@@]3(C)O[C@@]23CC1. The average molecular weight is 392 g/mol. The number of allylic oxidation sites excluding steroid dienone is 2. The highest BCUT2D eigenvalue weighted by Crippen LogP contribution is 2.64. The van der Waals surface area contributed by atoms with Gasteiger partial charge in [0, 0.05) is 12.7 Å². The molecule has 3 fully saturated rings. The fourth-order valence-corrected chi connectivity index (χ4v) is 5.13. The lowest BCUT2D eigenvalue weighted by atomic mass is 9.82. The van der Waals surface area contributed by atoms with Crippen LogP contribution in [-0.4, -0.2) is 55.5 Å². The fourth-order valence-electron chi connectivity index (χ4n) is 5.13. The third kappa shape index (κ3) is 2.96. The summed E-state index contributed by atoms with van der Waals surface area (Å²) in [4.78, 5) is 12.3. The van der Waals surface area contributed by atoms with Gasteiger partial charge in [-0.1, -0.05) is 11.6 Å². The van der Waals surface area contributed by atoms with Crippen LogP contribution in [0.25, 0.3) is 0 Å². The van der Waals surface area contributed by atoms with Crippen LogP contribution in [0.1, 0.15) is 59.3 Å². The predicted molar refractivity (Wildman–Crippen MR) is 103 cm³/mol. The van der Waals surface area contributed by atoms with Gasteiger partial charge in [-0.3, -0.25) is 0 Å². The van der Waals surface area contributed by atoms with Gasteiger partial charge in [0.05, 0.1) is 25.4 Å². The van der Waals surface area contributed by atoms with E-state index in [1.165, 1.54) is 12.7 Å². The van der Waals surface area contributed by atoms with Crippen molar-refractivity contribution in [2.75, 3.05) is 20.8 Å². The monoisotopic (exact) mass is 392 g/mol. The molecular weight excluding hydrogens is 360 g/mol.